The second kappa shape index (κ2) is 6.18. The Morgan fingerprint density at radius 1 is 1.33 bits per heavy atom. The molecule has 0 aromatic carbocycles. The first-order valence-corrected chi connectivity index (χ1v) is 7.58. The van der Waals surface area contributed by atoms with Crippen molar-refractivity contribution < 1.29 is 0 Å². The highest BCUT2D eigenvalue weighted by molar-refractivity contribution is 7.12. The molecule has 0 saturated heterocycles. The fourth-order valence-electron chi connectivity index (χ4n) is 2.44. The molecule has 2 atom stereocenters. The molecule has 0 aliphatic rings. The number of nitrogens with zero attached hydrogens (tertiary/aromatic N) is 1. The number of aryl methyl sites for hydroxylation is 1. The van der Waals surface area contributed by atoms with Crippen molar-refractivity contribution in [3.63, 3.8) is 0 Å². The lowest BCUT2D eigenvalue weighted by molar-refractivity contribution is 0.153. The summed E-state index contributed by atoms with van der Waals surface area (Å²) in [5.74, 6) is 0. The molecule has 18 heavy (non-hydrogen) atoms. The Kier molecular flexibility index (Phi) is 5.38. The summed E-state index contributed by atoms with van der Waals surface area (Å²) in [5.41, 5.74) is 6.64. The van der Waals surface area contributed by atoms with Crippen molar-refractivity contribution in [2.24, 2.45) is 11.1 Å². The summed E-state index contributed by atoms with van der Waals surface area (Å²) in [6, 6.07) is 4.97. The average Bonchev–Trinajstić information content (AvgIpc) is 2.62. The van der Waals surface area contributed by atoms with Crippen molar-refractivity contribution in [1.29, 1.82) is 0 Å². The van der Waals surface area contributed by atoms with Gasteiger partial charge in [-0.2, -0.15) is 0 Å². The number of likely N-dealkylation sites (N-methyl/N-ethyl adjacent to an activating group) is 1. The van der Waals surface area contributed by atoms with Gasteiger partial charge in [0.2, 0.25) is 0 Å². The smallest absolute Gasteiger partial charge is 0.0591 e. The van der Waals surface area contributed by atoms with E-state index in [1.54, 1.807) is 0 Å². The van der Waals surface area contributed by atoms with Gasteiger partial charge in [-0.15, -0.1) is 11.3 Å². The van der Waals surface area contributed by atoms with E-state index in [0.29, 0.717) is 11.5 Å². The van der Waals surface area contributed by atoms with Crippen molar-refractivity contribution in [3.05, 3.63) is 21.9 Å². The van der Waals surface area contributed by atoms with Crippen LogP contribution in [0.15, 0.2) is 12.1 Å². The Labute approximate surface area is 116 Å². The maximum Gasteiger partial charge on any atom is 0.0591 e. The quantitative estimate of drug-likeness (QED) is 0.880. The van der Waals surface area contributed by atoms with E-state index >= 15 is 0 Å². The Morgan fingerprint density at radius 2 is 1.94 bits per heavy atom. The number of thiophene rings is 1. The molecular weight excluding hydrogens is 240 g/mol. The molecule has 1 aromatic heterocycles. The third-order valence-electron chi connectivity index (χ3n) is 3.13. The number of nitrogens with two attached hydrogens (primary N) is 1. The molecule has 0 aliphatic carbocycles. The summed E-state index contributed by atoms with van der Waals surface area (Å²) >= 11 is 1.87. The molecule has 0 spiro atoms. The van der Waals surface area contributed by atoms with E-state index < -0.39 is 0 Å². The van der Waals surface area contributed by atoms with Gasteiger partial charge in [0.15, 0.2) is 0 Å². The molecule has 0 bridgehead atoms. The van der Waals surface area contributed by atoms with Gasteiger partial charge >= 0.3 is 0 Å². The second-order valence-electron chi connectivity index (χ2n) is 6.44. The summed E-state index contributed by atoms with van der Waals surface area (Å²) < 4.78 is 0. The minimum atomic E-state index is 0.204. The molecule has 1 aromatic rings. The van der Waals surface area contributed by atoms with Gasteiger partial charge < -0.3 is 5.73 Å². The molecule has 3 heteroatoms. The zero-order chi connectivity index (χ0) is 13.9. The van der Waals surface area contributed by atoms with Crippen LogP contribution in [0.4, 0.5) is 0 Å². The molecule has 2 nitrogen and oxygen atoms in total. The van der Waals surface area contributed by atoms with E-state index in [1.807, 2.05) is 11.3 Å². The van der Waals surface area contributed by atoms with Crippen LogP contribution >= 0.6 is 11.3 Å². The van der Waals surface area contributed by atoms with Gasteiger partial charge in [-0.1, -0.05) is 27.7 Å². The first kappa shape index (κ1) is 15.7. The molecule has 2 N–H and O–H groups in total. The Hall–Kier alpha value is -0.380. The van der Waals surface area contributed by atoms with Crippen LogP contribution in [-0.4, -0.2) is 24.5 Å². The lowest BCUT2D eigenvalue weighted by atomic mass is 9.94. The fourth-order valence-corrected chi connectivity index (χ4v) is 3.56. The second-order valence-corrected chi connectivity index (χ2v) is 7.76. The topological polar surface area (TPSA) is 29.3 Å². The van der Waals surface area contributed by atoms with E-state index in [9.17, 15) is 0 Å². The van der Waals surface area contributed by atoms with Crippen LogP contribution in [0.1, 0.15) is 49.9 Å². The Balaban J connectivity index is 2.92. The van der Waals surface area contributed by atoms with Crippen molar-refractivity contribution in [2.75, 3.05) is 13.6 Å². The van der Waals surface area contributed by atoms with Crippen LogP contribution in [0.5, 0.6) is 0 Å². The van der Waals surface area contributed by atoms with Crippen LogP contribution in [0, 0.1) is 12.3 Å². The molecule has 104 valence electrons. The van der Waals surface area contributed by atoms with E-state index in [0.717, 1.165) is 13.0 Å². The lowest BCUT2D eigenvalue weighted by Crippen LogP contribution is -2.41. The molecule has 0 aliphatic heterocycles. The standard InChI is InChI=1S/C15H28N2S/c1-7-12(16)14(13-9-8-11(2)18-13)17(6)10-15(3,4)5/h8-9,12,14H,7,10,16H2,1-6H3. The predicted molar refractivity (Wildman–Crippen MR) is 82.1 cm³/mol. The van der Waals surface area contributed by atoms with Crippen LogP contribution in [-0.2, 0) is 0 Å². The highest BCUT2D eigenvalue weighted by Gasteiger charge is 2.27. The molecule has 0 radical (unpaired) electrons. The number of hydrogen-bond donors (Lipinski definition) is 1. The van der Waals surface area contributed by atoms with Gasteiger partial charge in [0.05, 0.1) is 6.04 Å². The zero-order valence-electron chi connectivity index (χ0n) is 12.7. The largest absolute Gasteiger partial charge is 0.326 e. The molecule has 1 heterocycles. The maximum atomic E-state index is 6.34. The molecule has 0 amide bonds. The van der Waals surface area contributed by atoms with E-state index in [-0.39, 0.29) is 6.04 Å². The maximum absolute atomic E-state index is 6.34. The van der Waals surface area contributed by atoms with Crippen molar-refractivity contribution in [2.45, 2.75) is 53.1 Å². The third kappa shape index (κ3) is 4.38. The summed E-state index contributed by atoms with van der Waals surface area (Å²) in [6.07, 6.45) is 1.01. The van der Waals surface area contributed by atoms with Gasteiger partial charge in [0, 0.05) is 22.3 Å². The highest BCUT2D eigenvalue weighted by atomic mass is 32.1. The molecule has 1 rings (SSSR count). The summed E-state index contributed by atoms with van der Waals surface area (Å²) in [5, 5.41) is 0. The monoisotopic (exact) mass is 268 g/mol. The summed E-state index contributed by atoms with van der Waals surface area (Å²) in [4.78, 5) is 5.18. The van der Waals surface area contributed by atoms with Gasteiger partial charge in [-0.05, 0) is 37.9 Å². The first-order chi connectivity index (χ1) is 8.24. The van der Waals surface area contributed by atoms with Crippen LogP contribution in [0.2, 0.25) is 0 Å². The van der Waals surface area contributed by atoms with Crippen molar-refractivity contribution >= 4 is 11.3 Å². The van der Waals surface area contributed by atoms with Crippen molar-refractivity contribution in [3.8, 4) is 0 Å². The molecule has 0 saturated carbocycles. The van der Waals surface area contributed by atoms with Crippen LogP contribution < -0.4 is 5.73 Å². The zero-order valence-corrected chi connectivity index (χ0v) is 13.5. The summed E-state index contributed by atoms with van der Waals surface area (Å²) in [7, 11) is 2.19. The normalized spacial score (nSPS) is 16.0. The lowest BCUT2D eigenvalue weighted by Gasteiger charge is -2.35. The number of rotatable bonds is 5. The highest BCUT2D eigenvalue weighted by Crippen LogP contribution is 2.31. The van der Waals surface area contributed by atoms with Crippen LogP contribution in [0.3, 0.4) is 0 Å². The average molecular weight is 268 g/mol. The molecule has 0 fully saturated rings. The van der Waals surface area contributed by atoms with Gasteiger partial charge in [0.25, 0.3) is 0 Å². The fraction of sp³-hybridized carbons (Fsp3) is 0.733. The first-order valence-electron chi connectivity index (χ1n) is 6.76. The summed E-state index contributed by atoms with van der Waals surface area (Å²) in [6.45, 7) is 12.2. The van der Waals surface area contributed by atoms with Gasteiger partial charge in [-0.25, -0.2) is 0 Å². The predicted octanol–water partition coefficient (Wildman–Crippen LogP) is 3.81. The minimum absolute atomic E-state index is 0.204. The molecule has 2 unspecified atom stereocenters. The SMILES string of the molecule is CCC(N)C(c1ccc(C)s1)N(C)CC(C)(C)C. The van der Waals surface area contributed by atoms with Crippen LogP contribution in [0.25, 0.3) is 0 Å². The Bertz CT molecular complexity index is 365. The van der Waals surface area contributed by atoms with E-state index in [2.05, 4.69) is 58.7 Å². The number of hydrogen-bond acceptors (Lipinski definition) is 3. The van der Waals surface area contributed by atoms with Gasteiger partial charge in [-0.3, -0.25) is 4.90 Å². The van der Waals surface area contributed by atoms with Gasteiger partial charge in [0.1, 0.15) is 0 Å². The third-order valence-corrected chi connectivity index (χ3v) is 4.20. The van der Waals surface area contributed by atoms with E-state index in [4.69, 9.17) is 5.73 Å². The minimum Gasteiger partial charge on any atom is -0.326 e. The Morgan fingerprint density at radius 3 is 2.33 bits per heavy atom. The van der Waals surface area contributed by atoms with E-state index in [1.165, 1.54) is 9.75 Å². The van der Waals surface area contributed by atoms with Crippen molar-refractivity contribution in [1.82, 2.24) is 4.90 Å². The molecular formula is C15H28N2S.